The first kappa shape index (κ1) is 16.1. The monoisotopic (exact) mass is 273 g/mol. The molecule has 2 atom stereocenters. The summed E-state index contributed by atoms with van der Waals surface area (Å²) in [6, 6.07) is 1.82. The largest absolute Gasteiger partial charge is 0.416 e. The van der Waals surface area contributed by atoms with Crippen LogP contribution in [0.4, 0.5) is 17.6 Å². The molecule has 98 valence electrons. The molecule has 1 aromatic rings. The molecule has 0 aliphatic heterocycles. The minimum absolute atomic E-state index is 0. The second-order valence-corrected chi connectivity index (χ2v) is 3.54. The van der Waals surface area contributed by atoms with Gasteiger partial charge >= 0.3 is 6.18 Å². The minimum Gasteiger partial charge on any atom is -0.382 e. The second-order valence-electron chi connectivity index (χ2n) is 3.54. The zero-order chi connectivity index (χ0) is 12.5. The van der Waals surface area contributed by atoms with Crippen molar-refractivity contribution in [2.45, 2.75) is 25.2 Å². The third-order valence-electron chi connectivity index (χ3n) is 2.19. The number of rotatable bonds is 2. The first-order valence-electron chi connectivity index (χ1n) is 4.50. The van der Waals surface area contributed by atoms with Gasteiger partial charge in [-0.3, -0.25) is 0 Å². The summed E-state index contributed by atoms with van der Waals surface area (Å²) in [5.41, 5.74) is 5.38. The van der Waals surface area contributed by atoms with E-state index in [1.165, 1.54) is 6.07 Å². The molecular formula is C10H12ClF4NO. The number of aryl methyl sites for hydroxylation is 1. The molecule has 0 aromatic heterocycles. The fourth-order valence-corrected chi connectivity index (χ4v) is 1.28. The lowest BCUT2D eigenvalue weighted by Gasteiger charge is -2.22. The van der Waals surface area contributed by atoms with Gasteiger partial charge in [0.25, 0.3) is 0 Å². The molecule has 0 radical (unpaired) electrons. The first-order valence-corrected chi connectivity index (χ1v) is 4.50. The minimum atomic E-state index is -4.86. The summed E-state index contributed by atoms with van der Waals surface area (Å²) in [7, 11) is 0. The van der Waals surface area contributed by atoms with E-state index in [4.69, 9.17) is 10.8 Å². The van der Waals surface area contributed by atoms with E-state index in [0.29, 0.717) is 5.56 Å². The number of aliphatic hydroxyl groups is 1. The van der Waals surface area contributed by atoms with Gasteiger partial charge in [0.1, 0.15) is 5.82 Å². The standard InChI is InChI=1S/C10H11F4NO.ClH/c1-5-2-3-6(7(11)4-5)8(15)9(16)10(12,13)14;/h2-4,8-9,16H,15H2,1H3;1H/t8-,9-;/m0./s1. The van der Waals surface area contributed by atoms with Crippen LogP contribution in [-0.2, 0) is 0 Å². The normalized spacial score (nSPS) is 15.0. The van der Waals surface area contributed by atoms with Crippen molar-refractivity contribution in [3.8, 4) is 0 Å². The molecule has 0 bridgehead atoms. The highest BCUT2D eigenvalue weighted by molar-refractivity contribution is 5.85. The summed E-state index contributed by atoms with van der Waals surface area (Å²) in [4.78, 5) is 0. The Hall–Kier alpha value is -0.850. The Bertz CT molecular complexity index is 383. The van der Waals surface area contributed by atoms with E-state index < -0.39 is 24.1 Å². The van der Waals surface area contributed by atoms with E-state index in [-0.39, 0.29) is 18.0 Å². The van der Waals surface area contributed by atoms with Crippen molar-refractivity contribution in [2.75, 3.05) is 0 Å². The molecular weight excluding hydrogens is 262 g/mol. The molecule has 0 fully saturated rings. The van der Waals surface area contributed by atoms with Gasteiger partial charge in [-0.05, 0) is 18.6 Å². The number of halogens is 5. The maximum atomic E-state index is 13.3. The van der Waals surface area contributed by atoms with Gasteiger partial charge in [-0.2, -0.15) is 13.2 Å². The number of hydrogen-bond donors (Lipinski definition) is 2. The molecule has 0 saturated carbocycles. The van der Waals surface area contributed by atoms with Gasteiger partial charge in [-0.25, -0.2) is 4.39 Å². The SMILES string of the molecule is Cc1ccc([C@H](N)[C@H](O)C(F)(F)F)c(F)c1.Cl. The molecule has 0 aliphatic carbocycles. The van der Waals surface area contributed by atoms with Crippen molar-refractivity contribution in [2.24, 2.45) is 5.73 Å². The Labute approximate surface area is 102 Å². The number of hydrogen-bond acceptors (Lipinski definition) is 2. The average Bonchev–Trinajstić information content (AvgIpc) is 2.14. The van der Waals surface area contributed by atoms with E-state index in [9.17, 15) is 17.6 Å². The van der Waals surface area contributed by atoms with Crippen molar-refractivity contribution in [3.05, 3.63) is 35.1 Å². The van der Waals surface area contributed by atoms with Crippen LogP contribution >= 0.6 is 12.4 Å². The quantitative estimate of drug-likeness (QED) is 0.813. The zero-order valence-electron chi connectivity index (χ0n) is 8.83. The van der Waals surface area contributed by atoms with Crippen molar-refractivity contribution in [1.82, 2.24) is 0 Å². The Morgan fingerprint density at radius 3 is 2.24 bits per heavy atom. The molecule has 0 heterocycles. The van der Waals surface area contributed by atoms with Gasteiger partial charge in [-0.15, -0.1) is 12.4 Å². The molecule has 7 heteroatoms. The third kappa shape index (κ3) is 3.83. The zero-order valence-corrected chi connectivity index (χ0v) is 9.65. The molecule has 0 unspecified atom stereocenters. The topological polar surface area (TPSA) is 46.2 Å². The summed E-state index contributed by atoms with van der Waals surface area (Å²) < 4.78 is 49.7. The van der Waals surface area contributed by atoms with E-state index in [1.807, 2.05) is 0 Å². The van der Waals surface area contributed by atoms with Crippen LogP contribution in [0, 0.1) is 12.7 Å². The summed E-state index contributed by atoms with van der Waals surface area (Å²) in [6.45, 7) is 1.60. The van der Waals surface area contributed by atoms with E-state index >= 15 is 0 Å². The van der Waals surface area contributed by atoms with Crippen LogP contribution in [0.3, 0.4) is 0 Å². The Balaban J connectivity index is 0.00000256. The summed E-state index contributed by atoms with van der Waals surface area (Å²) in [5.74, 6) is -0.851. The molecule has 0 spiro atoms. The fourth-order valence-electron chi connectivity index (χ4n) is 1.28. The van der Waals surface area contributed by atoms with Crippen LogP contribution in [-0.4, -0.2) is 17.4 Å². The van der Waals surface area contributed by atoms with E-state index in [2.05, 4.69) is 0 Å². The maximum absolute atomic E-state index is 13.3. The lowest BCUT2D eigenvalue weighted by molar-refractivity contribution is -0.210. The Morgan fingerprint density at radius 2 is 1.82 bits per heavy atom. The van der Waals surface area contributed by atoms with Crippen LogP contribution in [0.25, 0.3) is 0 Å². The van der Waals surface area contributed by atoms with Crippen molar-refractivity contribution in [3.63, 3.8) is 0 Å². The van der Waals surface area contributed by atoms with Gasteiger partial charge in [0.15, 0.2) is 6.10 Å². The van der Waals surface area contributed by atoms with Crippen LogP contribution in [0.5, 0.6) is 0 Å². The van der Waals surface area contributed by atoms with Crippen LogP contribution in [0.15, 0.2) is 18.2 Å². The van der Waals surface area contributed by atoms with Gasteiger partial charge in [0.2, 0.25) is 0 Å². The Kier molecular flexibility index (Phi) is 5.38. The third-order valence-corrected chi connectivity index (χ3v) is 2.19. The summed E-state index contributed by atoms with van der Waals surface area (Å²) in [5, 5.41) is 8.88. The van der Waals surface area contributed by atoms with Crippen LogP contribution in [0.1, 0.15) is 17.2 Å². The van der Waals surface area contributed by atoms with Gasteiger partial charge in [-0.1, -0.05) is 12.1 Å². The molecule has 1 rings (SSSR count). The highest BCUT2D eigenvalue weighted by atomic mass is 35.5. The predicted molar refractivity (Wildman–Crippen MR) is 57.4 cm³/mol. The van der Waals surface area contributed by atoms with Gasteiger partial charge in [0, 0.05) is 5.56 Å². The molecule has 1 aromatic carbocycles. The summed E-state index contributed by atoms with van der Waals surface area (Å²) >= 11 is 0. The Morgan fingerprint density at radius 1 is 1.29 bits per heavy atom. The molecule has 0 saturated heterocycles. The summed E-state index contributed by atoms with van der Waals surface area (Å²) in [6.07, 6.45) is -7.64. The van der Waals surface area contributed by atoms with Crippen molar-refractivity contribution < 1.29 is 22.7 Å². The molecule has 2 nitrogen and oxygen atoms in total. The first-order chi connectivity index (χ1) is 7.23. The van der Waals surface area contributed by atoms with Gasteiger partial charge < -0.3 is 10.8 Å². The van der Waals surface area contributed by atoms with E-state index in [1.54, 1.807) is 6.92 Å². The highest BCUT2D eigenvalue weighted by Gasteiger charge is 2.43. The van der Waals surface area contributed by atoms with Crippen LogP contribution < -0.4 is 5.73 Å². The molecule has 17 heavy (non-hydrogen) atoms. The van der Waals surface area contributed by atoms with E-state index in [0.717, 1.165) is 12.1 Å². The maximum Gasteiger partial charge on any atom is 0.416 e. The lowest BCUT2D eigenvalue weighted by atomic mass is 10.00. The average molecular weight is 274 g/mol. The smallest absolute Gasteiger partial charge is 0.382 e. The predicted octanol–water partition coefficient (Wildman–Crippen LogP) is 2.48. The lowest BCUT2D eigenvalue weighted by Crippen LogP contribution is -2.39. The highest BCUT2D eigenvalue weighted by Crippen LogP contribution is 2.29. The number of benzene rings is 1. The van der Waals surface area contributed by atoms with Crippen LogP contribution in [0.2, 0.25) is 0 Å². The van der Waals surface area contributed by atoms with Crippen molar-refractivity contribution in [1.29, 1.82) is 0 Å². The number of alkyl halides is 3. The van der Waals surface area contributed by atoms with Crippen molar-refractivity contribution >= 4 is 12.4 Å². The fraction of sp³-hybridized carbons (Fsp3) is 0.400. The van der Waals surface area contributed by atoms with Gasteiger partial charge in [0.05, 0.1) is 6.04 Å². The molecule has 0 aliphatic rings. The number of aliphatic hydroxyl groups excluding tert-OH is 1. The molecule has 0 amide bonds. The molecule has 3 N–H and O–H groups in total. The number of nitrogens with two attached hydrogens (primary N) is 1. The second kappa shape index (κ2) is 5.66.